The molecule has 0 unspecified atom stereocenters. The van der Waals surface area contributed by atoms with Crippen molar-refractivity contribution < 1.29 is 9.63 Å². The second kappa shape index (κ2) is 8.22. The first-order chi connectivity index (χ1) is 6.24. The number of nitrogens with zero attached hydrogens (tertiary/aromatic N) is 1. The molecule has 0 aromatic rings. The lowest BCUT2D eigenvalue weighted by atomic mass is 10.2. The molecule has 0 aromatic heterocycles. The van der Waals surface area contributed by atoms with E-state index in [-0.39, 0.29) is 0 Å². The maximum absolute atomic E-state index is 8.75. The molecule has 0 aliphatic heterocycles. The highest BCUT2D eigenvalue weighted by Gasteiger charge is 2.05. The van der Waals surface area contributed by atoms with Gasteiger partial charge in [-0.25, -0.2) is 0 Å². The number of unbranched alkanes of at least 4 members (excludes halogenated alkanes) is 1. The number of hydrogen-bond acceptors (Lipinski definition) is 3. The highest BCUT2D eigenvalue weighted by molar-refractivity contribution is 6.50. The molecule has 5 heteroatoms. The van der Waals surface area contributed by atoms with E-state index in [0.717, 1.165) is 19.3 Å². The summed E-state index contributed by atoms with van der Waals surface area (Å²) in [6.45, 7) is 6.69. The van der Waals surface area contributed by atoms with Gasteiger partial charge in [0.05, 0.1) is 0 Å². The van der Waals surface area contributed by atoms with Gasteiger partial charge in [-0.1, -0.05) is 13.3 Å². The molecule has 0 aromatic carbocycles. The summed E-state index contributed by atoms with van der Waals surface area (Å²) in [4.78, 5) is 0. The van der Waals surface area contributed by atoms with E-state index in [9.17, 15) is 0 Å². The Morgan fingerprint density at radius 1 is 1.54 bits per heavy atom. The first-order valence-corrected chi connectivity index (χ1v) is 6.54. The monoisotopic (exact) mass is 203 g/mol. The van der Waals surface area contributed by atoms with Crippen molar-refractivity contribution in [1.29, 1.82) is 0 Å². The van der Waals surface area contributed by atoms with Crippen LogP contribution in [0.4, 0.5) is 0 Å². The first-order valence-electron chi connectivity index (χ1n) is 4.68. The predicted octanol–water partition coefficient (Wildman–Crippen LogP) is 1.71. The minimum absolute atomic E-state index is 0.645. The average Bonchev–Trinajstić information content (AvgIpc) is 2.12. The van der Waals surface area contributed by atoms with Gasteiger partial charge in [0, 0.05) is 13.0 Å². The fourth-order valence-electron chi connectivity index (χ4n) is 0.912. The van der Waals surface area contributed by atoms with Crippen LogP contribution in [-0.4, -0.2) is 26.9 Å². The van der Waals surface area contributed by atoms with Gasteiger partial charge in [-0.3, -0.25) is 15.3 Å². The zero-order valence-electron chi connectivity index (χ0n) is 8.63. The quantitative estimate of drug-likeness (QED) is 0.299. The topological polar surface area (TPSA) is 53.8 Å². The molecule has 0 bridgehead atoms. The van der Waals surface area contributed by atoms with Crippen LogP contribution in [-0.2, 0) is 4.43 Å². The van der Waals surface area contributed by atoms with E-state index in [4.69, 9.17) is 9.63 Å². The van der Waals surface area contributed by atoms with Gasteiger partial charge < -0.3 is 4.43 Å². The van der Waals surface area contributed by atoms with Gasteiger partial charge in [0.25, 0.3) is 0 Å². The van der Waals surface area contributed by atoms with Crippen LogP contribution in [0.15, 0.2) is 4.66 Å². The Morgan fingerprint density at radius 2 is 2.23 bits per heavy atom. The lowest BCUT2D eigenvalue weighted by Gasteiger charge is -2.07. The van der Waals surface area contributed by atoms with Crippen LogP contribution in [0.25, 0.3) is 0 Å². The molecule has 0 amide bonds. The summed E-state index contributed by atoms with van der Waals surface area (Å²) in [5.74, 6) is 0.645. The van der Waals surface area contributed by atoms with Gasteiger partial charge in [-0.2, -0.15) is 0 Å². The molecule has 2 N–H and O–H groups in total. The van der Waals surface area contributed by atoms with Crippen molar-refractivity contribution in [2.75, 3.05) is 6.61 Å². The molecule has 0 fully saturated rings. The van der Waals surface area contributed by atoms with E-state index in [1.54, 1.807) is 0 Å². The van der Waals surface area contributed by atoms with Crippen LogP contribution in [0.3, 0.4) is 0 Å². The highest BCUT2D eigenvalue weighted by Crippen LogP contribution is 1.97. The zero-order chi connectivity index (χ0) is 10.1. The summed E-state index contributed by atoms with van der Waals surface area (Å²) < 4.78 is 9.57. The van der Waals surface area contributed by atoms with Gasteiger partial charge in [0.15, 0.2) is 0 Å². The molecule has 77 valence electrons. The molecular formula is C8H19N2O2Si. The van der Waals surface area contributed by atoms with Crippen LogP contribution in [0.1, 0.15) is 33.1 Å². The van der Waals surface area contributed by atoms with Gasteiger partial charge in [0.1, 0.15) is 5.84 Å². The van der Waals surface area contributed by atoms with E-state index in [0.29, 0.717) is 12.4 Å². The molecule has 0 rings (SSSR count). The van der Waals surface area contributed by atoms with Crippen molar-refractivity contribution in [2.45, 2.75) is 39.7 Å². The van der Waals surface area contributed by atoms with Gasteiger partial charge in [-0.15, -0.1) is 0 Å². The molecule has 0 saturated carbocycles. The Kier molecular flexibility index (Phi) is 7.97. The third kappa shape index (κ3) is 6.74. The Labute approximate surface area is 81.8 Å². The Balaban J connectivity index is 3.88. The summed E-state index contributed by atoms with van der Waals surface area (Å²) in [6.07, 6.45) is 2.93. The third-order valence-corrected chi connectivity index (χ3v) is 2.83. The fraction of sp³-hybridized carbons (Fsp3) is 0.875. The van der Waals surface area contributed by atoms with Crippen molar-refractivity contribution >= 4 is 15.0 Å². The molecule has 4 nitrogen and oxygen atoms in total. The highest BCUT2D eigenvalue weighted by atomic mass is 28.3. The number of hydroxylamine groups is 1. The van der Waals surface area contributed by atoms with Crippen molar-refractivity contribution in [3.8, 4) is 0 Å². The number of nitrogens with one attached hydrogen (secondary N) is 1. The minimum Gasteiger partial charge on any atom is -0.398 e. The maximum atomic E-state index is 8.75. The molecule has 0 aliphatic carbocycles. The van der Waals surface area contributed by atoms with Crippen LogP contribution in [0, 0.1) is 0 Å². The zero-order valence-corrected chi connectivity index (χ0v) is 9.63. The van der Waals surface area contributed by atoms with Crippen molar-refractivity contribution in [3.05, 3.63) is 0 Å². The number of rotatable bonds is 6. The molecule has 0 heterocycles. The van der Waals surface area contributed by atoms with Crippen LogP contribution < -0.4 is 5.48 Å². The predicted molar refractivity (Wildman–Crippen MR) is 55.1 cm³/mol. The smallest absolute Gasteiger partial charge is 0.358 e. The number of amidine groups is 1. The van der Waals surface area contributed by atoms with E-state index < -0.39 is 9.20 Å². The molecule has 0 aliphatic rings. The summed E-state index contributed by atoms with van der Waals surface area (Å²) in [6, 6.07) is 0. The SMILES string of the molecule is CCCCC(=N[Si](C)OCC)NO. The standard InChI is InChI=1S/C8H19N2O2Si/c1-4-6-7-8(9-11)10-13(3)12-5-2/h11H,4-7H2,1-3H3,(H,9,10). The van der Waals surface area contributed by atoms with Gasteiger partial charge >= 0.3 is 9.20 Å². The second-order valence-electron chi connectivity index (χ2n) is 2.73. The molecule has 0 atom stereocenters. The molecule has 0 spiro atoms. The van der Waals surface area contributed by atoms with Gasteiger partial charge in [-0.05, 0) is 19.9 Å². The molecular weight excluding hydrogens is 184 g/mol. The lowest BCUT2D eigenvalue weighted by Crippen LogP contribution is -2.23. The molecule has 13 heavy (non-hydrogen) atoms. The third-order valence-electron chi connectivity index (χ3n) is 1.54. The lowest BCUT2D eigenvalue weighted by molar-refractivity contribution is 0.231. The van der Waals surface area contributed by atoms with Gasteiger partial charge in [0.2, 0.25) is 0 Å². The summed E-state index contributed by atoms with van der Waals surface area (Å²) >= 11 is 0. The first kappa shape index (κ1) is 12.6. The van der Waals surface area contributed by atoms with E-state index in [2.05, 4.69) is 17.1 Å². The number of hydrogen-bond donors (Lipinski definition) is 2. The van der Waals surface area contributed by atoms with Crippen LogP contribution in [0.2, 0.25) is 6.55 Å². The van der Waals surface area contributed by atoms with Crippen molar-refractivity contribution in [1.82, 2.24) is 5.48 Å². The molecule has 1 radical (unpaired) electrons. The summed E-state index contributed by atoms with van der Waals surface area (Å²) in [5, 5.41) is 8.75. The van der Waals surface area contributed by atoms with E-state index in [1.165, 1.54) is 0 Å². The largest absolute Gasteiger partial charge is 0.398 e. The molecule has 0 saturated heterocycles. The second-order valence-corrected chi connectivity index (χ2v) is 4.28. The van der Waals surface area contributed by atoms with Crippen molar-refractivity contribution in [2.24, 2.45) is 4.66 Å². The minimum atomic E-state index is -1.12. The fourth-order valence-corrected chi connectivity index (χ4v) is 1.94. The maximum Gasteiger partial charge on any atom is 0.358 e. The Hall–Kier alpha value is -0.393. The Bertz CT molecular complexity index is 153. The summed E-state index contributed by atoms with van der Waals surface area (Å²) in [5.41, 5.74) is 2.12. The van der Waals surface area contributed by atoms with Crippen molar-refractivity contribution in [3.63, 3.8) is 0 Å². The van der Waals surface area contributed by atoms with Crippen LogP contribution in [0.5, 0.6) is 0 Å². The Morgan fingerprint density at radius 3 is 2.69 bits per heavy atom. The van der Waals surface area contributed by atoms with E-state index >= 15 is 0 Å². The summed E-state index contributed by atoms with van der Waals surface area (Å²) in [7, 11) is -1.12. The normalized spacial score (nSPS) is 12.2. The van der Waals surface area contributed by atoms with E-state index in [1.807, 2.05) is 13.5 Å². The average molecular weight is 203 g/mol. The van der Waals surface area contributed by atoms with Crippen LogP contribution >= 0.6 is 0 Å².